The van der Waals surface area contributed by atoms with Crippen LogP contribution in [0.5, 0.6) is 0 Å². The van der Waals surface area contributed by atoms with E-state index in [0.717, 1.165) is 16.0 Å². The molecule has 3 rings (SSSR count). The number of benzene rings is 1. The molecule has 18 heavy (non-hydrogen) atoms. The summed E-state index contributed by atoms with van der Waals surface area (Å²) in [6.07, 6.45) is 0.321. The Morgan fingerprint density at radius 1 is 1.39 bits per heavy atom. The van der Waals surface area contributed by atoms with Gasteiger partial charge in [0.15, 0.2) is 5.58 Å². The SMILES string of the molecule is N#CCc1cccc2oc(-c3sccc3Cl)nc12. The normalized spacial score (nSPS) is 10.7. The van der Waals surface area contributed by atoms with Gasteiger partial charge in [-0.3, -0.25) is 0 Å². The molecule has 0 spiro atoms. The predicted molar refractivity (Wildman–Crippen MR) is 71.6 cm³/mol. The van der Waals surface area contributed by atoms with E-state index in [1.807, 2.05) is 29.6 Å². The molecule has 0 aliphatic rings. The fourth-order valence-electron chi connectivity index (χ4n) is 1.78. The number of rotatable bonds is 2. The molecule has 1 aromatic carbocycles. The Kier molecular flexibility index (Phi) is 2.78. The fraction of sp³-hybridized carbons (Fsp3) is 0.0769. The highest BCUT2D eigenvalue weighted by atomic mass is 35.5. The van der Waals surface area contributed by atoms with Crippen molar-refractivity contribution in [1.82, 2.24) is 4.98 Å². The molecule has 0 radical (unpaired) electrons. The van der Waals surface area contributed by atoms with Gasteiger partial charge in [0.05, 0.1) is 17.5 Å². The van der Waals surface area contributed by atoms with Gasteiger partial charge >= 0.3 is 0 Å². The number of nitrogens with zero attached hydrogens (tertiary/aromatic N) is 2. The molecule has 0 aliphatic heterocycles. The highest BCUT2D eigenvalue weighted by Crippen LogP contribution is 2.35. The van der Waals surface area contributed by atoms with Crippen molar-refractivity contribution in [3.63, 3.8) is 0 Å². The number of oxazole rings is 1. The number of halogens is 1. The Morgan fingerprint density at radius 2 is 2.28 bits per heavy atom. The van der Waals surface area contributed by atoms with Crippen molar-refractivity contribution in [1.29, 1.82) is 5.26 Å². The van der Waals surface area contributed by atoms with Crippen LogP contribution in [0.4, 0.5) is 0 Å². The van der Waals surface area contributed by atoms with Crippen LogP contribution >= 0.6 is 22.9 Å². The second-order valence-electron chi connectivity index (χ2n) is 3.72. The molecule has 5 heteroatoms. The van der Waals surface area contributed by atoms with E-state index in [4.69, 9.17) is 21.3 Å². The molecule has 88 valence electrons. The minimum atomic E-state index is 0.321. The van der Waals surface area contributed by atoms with Crippen molar-refractivity contribution >= 4 is 34.0 Å². The summed E-state index contributed by atoms with van der Waals surface area (Å²) in [4.78, 5) is 5.26. The van der Waals surface area contributed by atoms with Crippen LogP contribution in [-0.4, -0.2) is 4.98 Å². The molecule has 0 bridgehead atoms. The maximum atomic E-state index is 8.79. The van der Waals surface area contributed by atoms with Crippen LogP contribution in [0.2, 0.25) is 5.02 Å². The minimum Gasteiger partial charge on any atom is -0.435 e. The summed E-state index contributed by atoms with van der Waals surface area (Å²) in [5, 5.41) is 11.3. The van der Waals surface area contributed by atoms with Crippen LogP contribution in [-0.2, 0) is 6.42 Å². The summed E-state index contributed by atoms with van der Waals surface area (Å²) in [5.74, 6) is 0.510. The van der Waals surface area contributed by atoms with Gasteiger partial charge in [-0.1, -0.05) is 23.7 Å². The molecule has 0 saturated heterocycles. The maximum absolute atomic E-state index is 8.79. The lowest BCUT2D eigenvalue weighted by molar-refractivity contribution is 0.621. The summed E-state index contributed by atoms with van der Waals surface area (Å²) in [6, 6.07) is 9.52. The topological polar surface area (TPSA) is 49.8 Å². The number of para-hydroxylation sites is 1. The number of aromatic nitrogens is 1. The van der Waals surface area contributed by atoms with Gasteiger partial charge in [-0.15, -0.1) is 11.3 Å². The number of nitriles is 1. The van der Waals surface area contributed by atoms with Crippen LogP contribution in [0.1, 0.15) is 5.56 Å². The van der Waals surface area contributed by atoms with Gasteiger partial charge in [-0.05, 0) is 23.1 Å². The average Bonchev–Trinajstić information content (AvgIpc) is 2.95. The van der Waals surface area contributed by atoms with Gasteiger partial charge < -0.3 is 4.42 Å². The van der Waals surface area contributed by atoms with Gasteiger partial charge in [0.2, 0.25) is 5.89 Å². The molecule has 0 saturated carbocycles. The smallest absolute Gasteiger partial charge is 0.239 e. The molecule has 3 nitrogen and oxygen atoms in total. The number of hydrogen-bond donors (Lipinski definition) is 0. The quantitative estimate of drug-likeness (QED) is 0.701. The molecular formula is C13H7ClN2OS. The Bertz CT molecular complexity index is 754. The summed E-state index contributed by atoms with van der Waals surface area (Å²) in [7, 11) is 0. The van der Waals surface area contributed by atoms with Gasteiger partial charge in [-0.25, -0.2) is 4.98 Å². The summed E-state index contributed by atoms with van der Waals surface area (Å²) in [6.45, 7) is 0. The third-order valence-corrected chi connectivity index (χ3v) is 3.91. The van der Waals surface area contributed by atoms with E-state index in [1.165, 1.54) is 11.3 Å². The first-order valence-corrected chi connectivity index (χ1v) is 6.54. The molecule has 0 fully saturated rings. The van der Waals surface area contributed by atoms with Crippen molar-refractivity contribution in [3.8, 4) is 16.8 Å². The van der Waals surface area contributed by atoms with E-state index in [1.54, 1.807) is 0 Å². The zero-order chi connectivity index (χ0) is 12.5. The Hall–Kier alpha value is -1.83. The lowest BCUT2D eigenvalue weighted by atomic mass is 10.1. The molecule has 0 N–H and O–H groups in total. The van der Waals surface area contributed by atoms with Gasteiger partial charge in [-0.2, -0.15) is 5.26 Å². The Labute approximate surface area is 112 Å². The second kappa shape index (κ2) is 4.45. The zero-order valence-corrected chi connectivity index (χ0v) is 10.8. The average molecular weight is 275 g/mol. The third kappa shape index (κ3) is 1.78. The van der Waals surface area contributed by atoms with E-state index in [-0.39, 0.29) is 0 Å². The first-order valence-electron chi connectivity index (χ1n) is 5.28. The van der Waals surface area contributed by atoms with Crippen molar-refractivity contribution in [2.45, 2.75) is 6.42 Å². The zero-order valence-electron chi connectivity index (χ0n) is 9.18. The fourth-order valence-corrected chi connectivity index (χ4v) is 2.84. The second-order valence-corrected chi connectivity index (χ2v) is 5.04. The van der Waals surface area contributed by atoms with Crippen LogP contribution in [0, 0.1) is 11.3 Å². The van der Waals surface area contributed by atoms with Gasteiger partial charge in [0.25, 0.3) is 0 Å². The number of thiophene rings is 1. The molecule has 0 atom stereocenters. The van der Waals surface area contributed by atoms with E-state index in [0.29, 0.717) is 22.9 Å². The van der Waals surface area contributed by atoms with E-state index < -0.39 is 0 Å². The number of hydrogen-bond acceptors (Lipinski definition) is 4. The summed E-state index contributed by atoms with van der Waals surface area (Å²) < 4.78 is 5.69. The Morgan fingerprint density at radius 3 is 3.00 bits per heavy atom. The van der Waals surface area contributed by atoms with Crippen LogP contribution in [0.3, 0.4) is 0 Å². The molecule has 3 aromatic rings. The van der Waals surface area contributed by atoms with Crippen molar-refractivity contribution in [2.75, 3.05) is 0 Å². The maximum Gasteiger partial charge on any atom is 0.239 e. The number of fused-ring (bicyclic) bond motifs is 1. The Balaban J connectivity index is 2.20. The van der Waals surface area contributed by atoms with E-state index >= 15 is 0 Å². The predicted octanol–water partition coefficient (Wildman–Crippen LogP) is 4.28. The standard InChI is InChI=1S/C13H7ClN2OS/c14-9-5-7-18-12(9)13-16-11-8(4-6-15)2-1-3-10(11)17-13/h1-3,5,7H,4H2. The largest absolute Gasteiger partial charge is 0.435 e. The minimum absolute atomic E-state index is 0.321. The van der Waals surface area contributed by atoms with Crippen LogP contribution in [0.15, 0.2) is 34.1 Å². The molecule has 2 aromatic heterocycles. The van der Waals surface area contributed by atoms with E-state index in [9.17, 15) is 0 Å². The summed E-state index contributed by atoms with van der Waals surface area (Å²) >= 11 is 7.54. The molecular weight excluding hydrogens is 268 g/mol. The van der Waals surface area contributed by atoms with Gasteiger partial charge in [0.1, 0.15) is 10.4 Å². The molecule has 0 aliphatic carbocycles. The van der Waals surface area contributed by atoms with Crippen molar-refractivity contribution in [2.24, 2.45) is 0 Å². The first kappa shape index (κ1) is 11.3. The van der Waals surface area contributed by atoms with E-state index in [2.05, 4.69) is 11.1 Å². The highest BCUT2D eigenvalue weighted by molar-refractivity contribution is 7.14. The molecule has 2 heterocycles. The monoisotopic (exact) mass is 274 g/mol. The van der Waals surface area contributed by atoms with Crippen LogP contribution in [0.25, 0.3) is 21.9 Å². The van der Waals surface area contributed by atoms with Crippen molar-refractivity contribution < 1.29 is 4.42 Å². The lowest BCUT2D eigenvalue weighted by Crippen LogP contribution is -1.83. The highest BCUT2D eigenvalue weighted by Gasteiger charge is 2.14. The molecule has 0 amide bonds. The first-order chi connectivity index (χ1) is 8.79. The third-order valence-electron chi connectivity index (χ3n) is 2.58. The van der Waals surface area contributed by atoms with Crippen LogP contribution < -0.4 is 0 Å². The molecule has 0 unspecified atom stereocenters. The lowest BCUT2D eigenvalue weighted by Gasteiger charge is -1.92. The summed E-state index contributed by atoms with van der Waals surface area (Å²) in [5.41, 5.74) is 2.29. The van der Waals surface area contributed by atoms with Gasteiger partial charge in [0, 0.05) is 0 Å². The van der Waals surface area contributed by atoms with Crippen molar-refractivity contribution in [3.05, 3.63) is 40.2 Å².